The normalized spacial score (nSPS) is 12.2. The molecule has 2 aromatic heterocycles. The molecule has 7 heteroatoms. The minimum atomic E-state index is -0.117. The predicted octanol–water partition coefficient (Wildman–Crippen LogP) is 3.40. The number of aromatic nitrogens is 2. The van der Waals surface area contributed by atoms with Crippen molar-refractivity contribution >= 4 is 39.2 Å². The molecule has 0 aliphatic rings. The highest BCUT2D eigenvalue weighted by Gasteiger charge is 2.12. The van der Waals surface area contributed by atoms with E-state index in [2.05, 4.69) is 15.3 Å². The Morgan fingerprint density at radius 2 is 2.16 bits per heavy atom. The van der Waals surface area contributed by atoms with E-state index in [-0.39, 0.29) is 17.5 Å². The van der Waals surface area contributed by atoms with Crippen molar-refractivity contribution in [3.8, 4) is 0 Å². The second kappa shape index (κ2) is 7.84. The molecule has 0 unspecified atom stereocenters. The van der Waals surface area contributed by atoms with Crippen LogP contribution in [0.15, 0.2) is 40.5 Å². The van der Waals surface area contributed by atoms with Crippen LogP contribution in [-0.4, -0.2) is 21.6 Å². The summed E-state index contributed by atoms with van der Waals surface area (Å²) < 4.78 is 0.638. The summed E-state index contributed by atoms with van der Waals surface area (Å²) in [5.41, 5.74) is 2.87. The minimum Gasteiger partial charge on any atom is -0.349 e. The Labute approximate surface area is 153 Å². The van der Waals surface area contributed by atoms with Gasteiger partial charge in [-0.05, 0) is 36.4 Å². The molecule has 5 nitrogen and oxygen atoms in total. The highest BCUT2D eigenvalue weighted by atomic mass is 32.2. The van der Waals surface area contributed by atoms with Crippen LogP contribution in [0.3, 0.4) is 0 Å². The fourth-order valence-electron chi connectivity index (χ4n) is 2.66. The summed E-state index contributed by atoms with van der Waals surface area (Å²) in [4.78, 5) is 31.3. The third kappa shape index (κ3) is 4.29. The van der Waals surface area contributed by atoms with Crippen molar-refractivity contribution in [2.75, 3.05) is 5.75 Å². The lowest BCUT2D eigenvalue weighted by Gasteiger charge is -2.16. The molecule has 0 aliphatic heterocycles. The van der Waals surface area contributed by atoms with Gasteiger partial charge in [-0.25, -0.2) is 4.98 Å². The van der Waals surface area contributed by atoms with Crippen molar-refractivity contribution in [3.05, 3.63) is 63.0 Å². The molecule has 0 saturated carbocycles. The van der Waals surface area contributed by atoms with E-state index in [0.29, 0.717) is 27.5 Å². The number of fused-ring (bicyclic) bond motifs is 1. The quantitative estimate of drug-likeness (QED) is 0.694. The second-order valence-corrected chi connectivity index (χ2v) is 7.69. The molecule has 25 heavy (non-hydrogen) atoms. The first kappa shape index (κ1) is 17.7. The van der Waals surface area contributed by atoms with E-state index in [9.17, 15) is 9.59 Å². The van der Waals surface area contributed by atoms with Crippen molar-refractivity contribution in [1.82, 2.24) is 15.3 Å². The molecule has 0 bridgehead atoms. The molecule has 0 aliphatic carbocycles. The van der Waals surface area contributed by atoms with Crippen molar-refractivity contribution in [1.29, 1.82) is 0 Å². The average molecular weight is 374 g/mol. The number of nitrogens with zero attached hydrogens (tertiary/aromatic N) is 1. The highest BCUT2D eigenvalue weighted by molar-refractivity contribution is 7.99. The zero-order chi connectivity index (χ0) is 17.8. The highest BCUT2D eigenvalue weighted by Crippen LogP contribution is 2.18. The van der Waals surface area contributed by atoms with Crippen LogP contribution in [0.1, 0.15) is 29.9 Å². The summed E-state index contributed by atoms with van der Waals surface area (Å²) in [7, 11) is 0. The van der Waals surface area contributed by atoms with Crippen LogP contribution in [0.5, 0.6) is 0 Å². The molecular formula is C18H19N3O2S2. The lowest BCUT2D eigenvalue weighted by molar-refractivity contribution is -0.119. The molecule has 3 aromatic rings. The first-order chi connectivity index (χ1) is 12.0. The summed E-state index contributed by atoms with van der Waals surface area (Å²) in [5.74, 6) is 1.38. The molecule has 3 rings (SSSR count). The molecule has 1 amide bonds. The second-order valence-electron chi connectivity index (χ2n) is 5.79. The fraction of sp³-hybridized carbons (Fsp3) is 0.278. The maximum absolute atomic E-state index is 12.1. The number of aryl methyl sites for hydroxylation is 1. The van der Waals surface area contributed by atoms with E-state index in [1.54, 1.807) is 0 Å². The van der Waals surface area contributed by atoms with E-state index >= 15 is 0 Å². The number of carbonyl (C=O) groups excluding carboxylic acids is 1. The summed E-state index contributed by atoms with van der Waals surface area (Å²) in [6.45, 7) is 4.02. The Hall–Kier alpha value is -2.12. The standard InChI is InChI=1S/C18H19N3O2S2/c1-11-5-3-4-6-13(11)12(2)19-16(22)10-24-9-15-20-14-7-8-25-17(14)18(23)21-15/h3-8,12H,9-10H2,1-2H3,(H,19,22)(H,20,21,23)/t12-/m0/s1. The van der Waals surface area contributed by atoms with Gasteiger partial charge >= 0.3 is 0 Å². The van der Waals surface area contributed by atoms with Crippen molar-refractivity contribution in [2.24, 2.45) is 0 Å². The molecule has 0 fully saturated rings. The lowest BCUT2D eigenvalue weighted by Crippen LogP contribution is -2.28. The number of carbonyl (C=O) groups is 1. The maximum Gasteiger partial charge on any atom is 0.268 e. The monoisotopic (exact) mass is 373 g/mol. The number of nitrogens with one attached hydrogen (secondary N) is 2. The Morgan fingerprint density at radius 3 is 2.96 bits per heavy atom. The van der Waals surface area contributed by atoms with E-state index in [4.69, 9.17) is 0 Å². The van der Waals surface area contributed by atoms with E-state index in [1.165, 1.54) is 23.1 Å². The van der Waals surface area contributed by atoms with Gasteiger partial charge in [-0.1, -0.05) is 24.3 Å². The number of H-pyrrole nitrogens is 1. The topological polar surface area (TPSA) is 74.8 Å². The molecule has 0 radical (unpaired) electrons. The van der Waals surface area contributed by atoms with Crippen molar-refractivity contribution < 1.29 is 4.79 Å². The summed E-state index contributed by atoms with van der Waals surface area (Å²) in [6.07, 6.45) is 0. The van der Waals surface area contributed by atoms with Gasteiger partial charge in [0.05, 0.1) is 23.1 Å². The molecule has 0 saturated heterocycles. The van der Waals surface area contributed by atoms with Gasteiger partial charge in [-0.15, -0.1) is 23.1 Å². The van der Waals surface area contributed by atoms with Crippen molar-refractivity contribution in [2.45, 2.75) is 25.6 Å². The molecule has 0 spiro atoms. The van der Waals surface area contributed by atoms with E-state index < -0.39 is 0 Å². The smallest absolute Gasteiger partial charge is 0.268 e. The number of thioether (sulfide) groups is 1. The Morgan fingerprint density at radius 1 is 1.36 bits per heavy atom. The van der Waals surface area contributed by atoms with Gasteiger partial charge in [0, 0.05) is 0 Å². The van der Waals surface area contributed by atoms with Gasteiger partial charge in [0.25, 0.3) is 5.56 Å². The molecule has 130 valence electrons. The Bertz CT molecular complexity index is 949. The molecule has 2 heterocycles. The van der Waals surface area contributed by atoms with Gasteiger partial charge in [-0.2, -0.15) is 0 Å². The first-order valence-corrected chi connectivity index (χ1v) is 9.97. The number of benzene rings is 1. The molecule has 2 N–H and O–H groups in total. The summed E-state index contributed by atoms with van der Waals surface area (Å²) in [5, 5.41) is 4.86. The van der Waals surface area contributed by atoms with Crippen LogP contribution in [0, 0.1) is 6.92 Å². The van der Waals surface area contributed by atoms with Crippen molar-refractivity contribution in [3.63, 3.8) is 0 Å². The van der Waals surface area contributed by atoms with Gasteiger partial charge in [-0.3, -0.25) is 9.59 Å². The van der Waals surface area contributed by atoms with Crippen LogP contribution in [-0.2, 0) is 10.5 Å². The number of hydrogen-bond acceptors (Lipinski definition) is 5. The number of hydrogen-bond donors (Lipinski definition) is 2. The lowest BCUT2D eigenvalue weighted by atomic mass is 10.0. The zero-order valence-electron chi connectivity index (χ0n) is 14.0. The number of thiophene rings is 1. The SMILES string of the molecule is Cc1ccccc1[C@H](C)NC(=O)CSCc1nc2ccsc2c(=O)[nH]1. The fourth-order valence-corrected chi connectivity index (χ4v) is 4.09. The minimum absolute atomic E-state index is 0.0280. The van der Waals surface area contributed by atoms with Crippen LogP contribution in [0.2, 0.25) is 0 Å². The molecule has 1 atom stereocenters. The number of amides is 1. The van der Waals surface area contributed by atoms with Gasteiger partial charge in [0.1, 0.15) is 10.5 Å². The van der Waals surface area contributed by atoms with Crippen LogP contribution in [0.4, 0.5) is 0 Å². The van der Waals surface area contributed by atoms with Gasteiger partial charge < -0.3 is 10.3 Å². The summed E-state index contributed by atoms with van der Waals surface area (Å²) in [6, 6.07) is 9.83. The number of aromatic amines is 1. The third-order valence-electron chi connectivity index (χ3n) is 3.87. The number of rotatable bonds is 6. The third-order valence-corrected chi connectivity index (χ3v) is 5.71. The Kier molecular flexibility index (Phi) is 5.55. The zero-order valence-corrected chi connectivity index (χ0v) is 15.7. The average Bonchev–Trinajstić information content (AvgIpc) is 3.04. The molecule has 1 aromatic carbocycles. The Balaban J connectivity index is 1.53. The van der Waals surface area contributed by atoms with Gasteiger partial charge in [0.15, 0.2) is 0 Å². The maximum atomic E-state index is 12.1. The van der Waals surface area contributed by atoms with E-state index in [0.717, 1.165) is 11.1 Å². The van der Waals surface area contributed by atoms with E-state index in [1.807, 2.05) is 49.6 Å². The predicted molar refractivity (Wildman–Crippen MR) is 104 cm³/mol. The van der Waals surface area contributed by atoms with Crippen LogP contribution >= 0.6 is 23.1 Å². The van der Waals surface area contributed by atoms with Crippen LogP contribution in [0.25, 0.3) is 10.2 Å². The first-order valence-electron chi connectivity index (χ1n) is 7.93. The summed E-state index contributed by atoms with van der Waals surface area (Å²) >= 11 is 2.81. The van der Waals surface area contributed by atoms with Gasteiger partial charge in [0.2, 0.25) is 5.91 Å². The van der Waals surface area contributed by atoms with Crippen LogP contribution < -0.4 is 10.9 Å². The largest absolute Gasteiger partial charge is 0.349 e. The molecular weight excluding hydrogens is 354 g/mol.